The second-order valence-corrected chi connectivity index (χ2v) is 13.0. The zero-order valence-electron chi connectivity index (χ0n) is 23.8. The van der Waals surface area contributed by atoms with Crippen LogP contribution in [0.25, 0.3) is 10.2 Å². The molecule has 218 valence electrons. The van der Waals surface area contributed by atoms with Gasteiger partial charge in [-0.05, 0) is 49.2 Å². The molecule has 3 aromatic rings. The normalized spacial score (nSPS) is 14.7. The number of ether oxygens (including phenoxy) is 1. The van der Waals surface area contributed by atoms with E-state index in [1.807, 2.05) is 12.1 Å². The maximum Gasteiger partial charge on any atom is 0.251 e. The van der Waals surface area contributed by atoms with Crippen LogP contribution < -0.4 is 15.0 Å². The van der Waals surface area contributed by atoms with Crippen molar-refractivity contribution in [1.29, 1.82) is 0 Å². The smallest absolute Gasteiger partial charge is 0.251 e. The molecule has 9 nitrogen and oxygen atoms in total. The van der Waals surface area contributed by atoms with Crippen LogP contribution in [0.3, 0.4) is 0 Å². The number of thiazole rings is 1. The standard InChI is InChI=1S/C29H41N5O4S2/c1-4-6-16-34(17-7-5-2)40(36,37)24-13-11-23(12-14-24)28(35)30-15-18-32-19-21-33(22-20-32)29-31-27-25(38-3)9-8-10-26(27)39-29/h8-14H,4-7,15-22H2,1-3H3,(H,30,35). The van der Waals surface area contributed by atoms with Crippen molar-refractivity contribution in [2.75, 3.05) is 64.4 Å². The first-order valence-corrected chi connectivity index (χ1v) is 16.4. The summed E-state index contributed by atoms with van der Waals surface area (Å²) in [4.78, 5) is 22.4. The number of fused-ring (bicyclic) bond motifs is 1. The van der Waals surface area contributed by atoms with Crippen LogP contribution in [-0.4, -0.2) is 88.0 Å². The van der Waals surface area contributed by atoms with E-state index in [2.05, 4.69) is 35.0 Å². The second kappa shape index (κ2) is 14.2. The molecule has 0 aliphatic carbocycles. The number of nitrogens with zero attached hydrogens (tertiary/aromatic N) is 4. The van der Waals surface area contributed by atoms with E-state index in [-0.39, 0.29) is 10.8 Å². The molecule has 0 bridgehead atoms. The van der Waals surface area contributed by atoms with Gasteiger partial charge in [0.1, 0.15) is 11.3 Å². The van der Waals surface area contributed by atoms with Gasteiger partial charge >= 0.3 is 0 Å². The summed E-state index contributed by atoms with van der Waals surface area (Å²) >= 11 is 1.68. The second-order valence-electron chi connectivity index (χ2n) is 10.0. The third kappa shape index (κ3) is 7.31. The number of amides is 1. The fourth-order valence-corrected chi connectivity index (χ4v) is 7.30. The monoisotopic (exact) mass is 587 g/mol. The van der Waals surface area contributed by atoms with Gasteiger partial charge in [-0.25, -0.2) is 13.4 Å². The first-order chi connectivity index (χ1) is 19.4. The van der Waals surface area contributed by atoms with Gasteiger partial charge in [0.25, 0.3) is 5.91 Å². The van der Waals surface area contributed by atoms with Crippen molar-refractivity contribution in [2.24, 2.45) is 0 Å². The number of methoxy groups -OCH3 is 1. The molecule has 0 saturated carbocycles. The van der Waals surface area contributed by atoms with Crippen LogP contribution in [0.5, 0.6) is 5.75 Å². The Labute approximate surface area is 242 Å². The van der Waals surface area contributed by atoms with E-state index >= 15 is 0 Å². The van der Waals surface area contributed by atoms with Crippen molar-refractivity contribution in [3.05, 3.63) is 48.0 Å². The molecule has 0 radical (unpaired) electrons. The summed E-state index contributed by atoms with van der Waals surface area (Å²) in [6.45, 7) is 9.96. The number of carbonyl (C=O) groups is 1. The van der Waals surface area contributed by atoms with Crippen LogP contribution in [0, 0.1) is 0 Å². The largest absolute Gasteiger partial charge is 0.494 e. The topological polar surface area (TPSA) is 95.1 Å². The molecule has 11 heteroatoms. The van der Waals surface area contributed by atoms with Crippen LogP contribution in [0.1, 0.15) is 49.9 Å². The van der Waals surface area contributed by atoms with Crippen LogP contribution >= 0.6 is 11.3 Å². The highest BCUT2D eigenvalue weighted by Crippen LogP contribution is 2.34. The summed E-state index contributed by atoms with van der Waals surface area (Å²) in [6, 6.07) is 12.3. The Morgan fingerprint density at radius 1 is 1.02 bits per heavy atom. The van der Waals surface area contributed by atoms with Crippen molar-refractivity contribution in [2.45, 2.75) is 44.4 Å². The number of anilines is 1. The number of hydrogen-bond donors (Lipinski definition) is 1. The molecule has 1 aromatic heterocycles. The Kier molecular flexibility index (Phi) is 10.8. The molecule has 1 aliphatic rings. The number of carbonyl (C=O) groups excluding carboxylic acids is 1. The first kappa shape index (κ1) is 30.2. The predicted octanol–water partition coefficient (Wildman–Crippen LogP) is 4.45. The Balaban J connectivity index is 1.25. The third-order valence-corrected chi connectivity index (χ3v) is 10.2. The van der Waals surface area contributed by atoms with E-state index in [4.69, 9.17) is 9.72 Å². The van der Waals surface area contributed by atoms with Crippen LogP contribution in [0.2, 0.25) is 0 Å². The molecular weight excluding hydrogens is 546 g/mol. The SMILES string of the molecule is CCCCN(CCCC)S(=O)(=O)c1ccc(C(=O)NCCN2CCN(c3nc4c(OC)cccc4s3)CC2)cc1. The molecule has 4 rings (SSSR count). The van der Waals surface area contributed by atoms with Crippen LogP contribution in [0.4, 0.5) is 5.13 Å². The number of benzene rings is 2. The quantitative estimate of drug-likeness (QED) is 0.298. The highest BCUT2D eigenvalue weighted by atomic mass is 32.2. The lowest BCUT2D eigenvalue weighted by atomic mass is 10.2. The average molecular weight is 588 g/mol. The zero-order chi connectivity index (χ0) is 28.5. The Hall–Kier alpha value is -2.73. The van der Waals surface area contributed by atoms with Crippen molar-refractivity contribution in [3.63, 3.8) is 0 Å². The number of piperazine rings is 1. The molecule has 0 atom stereocenters. The van der Waals surface area contributed by atoms with Gasteiger partial charge in [-0.2, -0.15) is 4.31 Å². The van der Waals surface area contributed by atoms with Crippen molar-refractivity contribution in [1.82, 2.24) is 19.5 Å². The van der Waals surface area contributed by atoms with Gasteiger partial charge in [0.15, 0.2) is 5.13 Å². The maximum absolute atomic E-state index is 13.2. The molecule has 1 amide bonds. The first-order valence-electron chi connectivity index (χ1n) is 14.2. The minimum atomic E-state index is -3.57. The minimum Gasteiger partial charge on any atom is -0.494 e. The summed E-state index contributed by atoms with van der Waals surface area (Å²) in [5.41, 5.74) is 1.37. The van der Waals surface area contributed by atoms with E-state index in [0.717, 1.165) is 79.5 Å². The van der Waals surface area contributed by atoms with E-state index in [9.17, 15) is 13.2 Å². The molecule has 0 unspecified atom stereocenters. The summed E-state index contributed by atoms with van der Waals surface area (Å²) in [5, 5.41) is 3.99. The molecule has 1 N–H and O–H groups in total. The number of sulfonamides is 1. The lowest BCUT2D eigenvalue weighted by molar-refractivity contribution is 0.0947. The highest BCUT2D eigenvalue weighted by molar-refractivity contribution is 7.89. The van der Waals surface area contributed by atoms with Crippen molar-refractivity contribution < 1.29 is 17.9 Å². The van der Waals surface area contributed by atoms with Crippen molar-refractivity contribution in [3.8, 4) is 5.75 Å². The number of aromatic nitrogens is 1. The summed E-state index contributed by atoms with van der Waals surface area (Å²) in [6.07, 6.45) is 3.53. The van der Waals surface area contributed by atoms with Crippen LogP contribution in [-0.2, 0) is 10.0 Å². The van der Waals surface area contributed by atoms with Gasteiger partial charge in [-0.3, -0.25) is 9.69 Å². The van der Waals surface area contributed by atoms with Gasteiger partial charge in [0, 0.05) is 57.9 Å². The van der Waals surface area contributed by atoms with Crippen molar-refractivity contribution >= 4 is 42.6 Å². The molecule has 0 spiro atoms. The fourth-order valence-electron chi connectivity index (χ4n) is 4.75. The lowest BCUT2D eigenvalue weighted by Gasteiger charge is -2.34. The molecule has 1 saturated heterocycles. The number of para-hydroxylation sites is 1. The number of unbranched alkanes of at least 4 members (excludes halogenated alkanes) is 2. The Morgan fingerprint density at radius 2 is 1.70 bits per heavy atom. The van der Waals surface area contributed by atoms with Gasteiger partial charge < -0.3 is 15.0 Å². The summed E-state index contributed by atoms with van der Waals surface area (Å²) in [7, 11) is -1.91. The number of hydrogen-bond acceptors (Lipinski definition) is 8. The summed E-state index contributed by atoms with van der Waals surface area (Å²) in [5.74, 6) is 0.603. The Bertz CT molecular complexity index is 1340. The van der Waals surface area contributed by atoms with E-state index in [1.165, 1.54) is 0 Å². The minimum absolute atomic E-state index is 0.195. The Morgan fingerprint density at radius 3 is 2.33 bits per heavy atom. The van der Waals surface area contributed by atoms with E-state index < -0.39 is 10.0 Å². The average Bonchev–Trinajstić information content (AvgIpc) is 3.42. The molecule has 2 heterocycles. The molecule has 40 heavy (non-hydrogen) atoms. The molecular formula is C29H41N5O4S2. The summed E-state index contributed by atoms with van der Waals surface area (Å²) < 4.78 is 34.5. The van der Waals surface area contributed by atoms with E-state index in [0.29, 0.717) is 25.2 Å². The third-order valence-electron chi connectivity index (χ3n) is 7.22. The highest BCUT2D eigenvalue weighted by Gasteiger charge is 2.24. The molecule has 1 aliphatic heterocycles. The van der Waals surface area contributed by atoms with E-state index in [1.54, 1.807) is 47.0 Å². The zero-order valence-corrected chi connectivity index (χ0v) is 25.4. The van der Waals surface area contributed by atoms with Gasteiger partial charge in [-0.1, -0.05) is 44.1 Å². The molecule has 1 fully saturated rings. The van der Waals surface area contributed by atoms with Gasteiger partial charge in [0.05, 0.1) is 16.7 Å². The predicted molar refractivity (Wildman–Crippen MR) is 162 cm³/mol. The van der Waals surface area contributed by atoms with Gasteiger partial charge in [0.2, 0.25) is 10.0 Å². The van der Waals surface area contributed by atoms with Gasteiger partial charge in [-0.15, -0.1) is 0 Å². The number of rotatable bonds is 14. The van der Waals surface area contributed by atoms with Crippen LogP contribution in [0.15, 0.2) is 47.4 Å². The lowest BCUT2D eigenvalue weighted by Crippen LogP contribution is -2.48. The maximum atomic E-state index is 13.2. The molecule has 2 aromatic carbocycles. The number of nitrogens with one attached hydrogen (secondary N) is 1. The fraction of sp³-hybridized carbons (Fsp3) is 0.517.